The van der Waals surface area contributed by atoms with Crippen LogP contribution < -0.4 is 0 Å². The Morgan fingerprint density at radius 1 is 1.05 bits per heavy atom. The molecule has 3 aliphatic carbocycles. The summed E-state index contributed by atoms with van der Waals surface area (Å²) in [5.74, 6) is 0.965. The van der Waals surface area contributed by atoms with Gasteiger partial charge in [-0.25, -0.2) is 9.18 Å². The average molecular weight is 521 g/mol. The molecular weight excluding hydrogens is 492 g/mol. The molecule has 2 aromatic heterocycles. The first-order chi connectivity index (χ1) is 17.4. The normalized spacial score (nSPS) is 25.4. The van der Waals surface area contributed by atoms with Crippen LogP contribution in [0.2, 0.25) is 0 Å². The largest absolute Gasteiger partial charge is 0.417 e. The van der Waals surface area contributed by atoms with Gasteiger partial charge in [0, 0.05) is 49.1 Å². The van der Waals surface area contributed by atoms with Gasteiger partial charge in [-0.05, 0) is 56.9 Å². The number of carbonyl (C=O) groups excluding carboxylic acids is 1. The van der Waals surface area contributed by atoms with Gasteiger partial charge in [0.2, 0.25) is 0 Å². The zero-order valence-electron chi connectivity index (χ0n) is 20.2. The molecule has 2 spiro atoms. The van der Waals surface area contributed by atoms with Crippen LogP contribution in [0.5, 0.6) is 0 Å². The summed E-state index contributed by atoms with van der Waals surface area (Å²) >= 11 is 0. The quantitative estimate of drug-likeness (QED) is 0.601. The van der Waals surface area contributed by atoms with Crippen LogP contribution in [0.25, 0.3) is 0 Å². The number of hydrogen-bond donors (Lipinski definition) is 2. The van der Waals surface area contributed by atoms with Crippen LogP contribution in [-0.4, -0.2) is 67.3 Å². The van der Waals surface area contributed by atoms with E-state index in [0.717, 1.165) is 57.4 Å². The SMILES string of the molecule is O=C(N1CC2(CC(Cc3ncc(C(F)(F)F)cc3F)C2)C1)N1CC2(CC(c3nnc(C4(O)CC4)[nH]3)C2)C1. The Hall–Kier alpha value is -2.76. The van der Waals surface area contributed by atoms with Gasteiger partial charge in [0.25, 0.3) is 0 Å². The van der Waals surface area contributed by atoms with Crippen molar-refractivity contribution in [3.05, 3.63) is 41.0 Å². The van der Waals surface area contributed by atoms with Crippen molar-refractivity contribution in [2.75, 3.05) is 26.2 Å². The van der Waals surface area contributed by atoms with Crippen LogP contribution in [0.4, 0.5) is 22.4 Å². The van der Waals surface area contributed by atoms with Gasteiger partial charge in [0.05, 0.1) is 11.3 Å². The van der Waals surface area contributed by atoms with E-state index < -0.39 is 23.2 Å². The molecule has 8 nitrogen and oxygen atoms in total. The van der Waals surface area contributed by atoms with E-state index in [4.69, 9.17) is 0 Å². The van der Waals surface area contributed by atoms with Gasteiger partial charge >= 0.3 is 12.2 Å². The summed E-state index contributed by atoms with van der Waals surface area (Å²) in [5.41, 5.74) is -1.58. The third-order valence-electron chi connectivity index (χ3n) is 9.23. The highest BCUT2D eigenvalue weighted by Gasteiger charge is 2.59. The Morgan fingerprint density at radius 3 is 2.24 bits per heavy atom. The number of urea groups is 1. The molecule has 12 heteroatoms. The number of halogens is 4. The van der Waals surface area contributed by atoms with Crippen molar-refractivity contribution in [1.82, 2.24) is 30.0 Å². The van der Waals surface area contributed by atoms with E-state index in [-0.39, 0.29) is 28.5 Å². The Morgan fingerprint density at radius 2 is 1.68 bits per heavy atom. The standard InChI is InChI=1S/C25H28F4N6O2/c26-17-4-16(25(27,28)29)9-30-18(17)3-14-5-22(6-14)10-34(11-22)21(36)35-12-23(13-35)7-15(8-23)19-31-20(33-32-19)24(37)1-2-24/h4,9,14-15,37H,1-3,5-8,10-13H2,(H,31,32,33). The summed E-state index contributed by atoms with van der Waals surface area (Å²) in [4.78, 5) is 23.6. The van der Waals surface area contributed by atoms with Crippen LogP contribution in [0, 0.1) is 22.6 Å². The molecule has 198 valence electrons. The number of alkyl halides is 3. The first kappa shape index (κ1) is 23.4. The van der Waals surface area contributed by atoms with Crippen molar-refractivity contribution in [2.24, 2.45) is 16.7 Å². The lowest BCUT2D eigenvalue weighted by Crippen LogP contribution is -2.71. The van der Waals surface area contributed by atoms with Crippen LogP contribution in [0.15, 0.2) is 12.3 Å². The first-order valence-electron chi connectivity index (χ1n) is 12.9. The van der Waals surface area contributed by atoms with Crippen molar-refractivity contribution in [1.29, 1.82) is 0 Å². The number of rotatable bonds is 4. The van der Waals surface area contributed by atoms with E-state index in [9.17, 15) is 27.5 Å². The zero-order chi connectivity index (χ0) is 25.8. The number of amides is 2. The molecule has 2 saturated heterocycles. The molecule has 2 amide bonds. The molecule has 3 saturated carbocycles. The van der Waals surface area contributed by atoms with Gasteiger partial charge in [0.1, 0.15) is 17.2 Å². The van der Waals surface area contributed by atoms with Gasteiger partial charge in [-0.1, -0.05) is 0 Å². The second-order valence-electron chi connectivity index (χ2n) is 12.3. The highest BCUT2D eigenvalue weighted by atomic mass is 19.4. The number of likely N-dealkylation sites (tertiary alicyclic amines) is 2. The minimum Gasteiger partial charge on any atom is -0.382 e. The molecule has 37 heavy (non-hydrogen) atoms. The third kappa shape index (κ3) is 3.81. The second kappa shape index (κ2) is 7.42. The van der Waals surface area contributed by atoms with E-state index in [1.54, 1.807) is 0 Å². The number of hydrogen-bond acceptors (Lipinski definition) is 5. The molecule has 0 radical (unpaired) electrons. The summed E-state index contributed by atoms with van der Waals surface area (Å²) in [6.07, 6.45) is 1.45. The molecule has 2 aliphatic heterocycles. The van der Waals surface area contributed by atoms with Crippen molar-refractivity contribution in [3.63, 3.8) is 0 Å². The smallest absolute Gasteiger partial charge is 0.382 e. The lowest BCUT2D eigenvalue weighted by atomic mass is 9.56. The van der Waals surface area contributed by atoms with Crippen LogP contribution >= 0.6 is 0 Å². The molecule has 0 bridgehead atoms. The fourth-order valence-corrected chi connectivity index (χ4v) is 7.07. The summed E-state index contributed by atoms with van der Waals surface area (Å²) in [6.45, 7) is 2.86. The fraction of sp³-hybridized carbons (Fsp3) is 0.680. The predicted octanol–water partition coefficient (Wildman–Crippen LogP) is 3.59. The summed E-state index contributed by atoms with van der Waals surface area (Å²) in [7, 11) is 0. The minimum atomic E-state index is -4.61. The number of carbonyl (C=O) groups is 1. The maximum Gasteiger partial charge on any atom is 0.417 e. The van der Waals surface area contributed by atoms with Crippen molar-refractivity contribution < 1.29 is 27.5 Å². The molecule has 4 heterocycles. The van der Waals surface area contributed by atoms with E-state index in [1.807, 2.05) is 9.80 Å². The monoisotopic (exact) mass is 520 g/mol. The lowest BCUT2D eigenvalue weighted by molar-refractivity contribution is -0.138. The highest BCUT2D eigenvalue weighted by Crippen LogP contribution is 2.57. The highest BCUT2D eigenvalue weighted by molar-refractivity contribution is 5.77. The van der Waals surface area contributed by atoms with E-state index in [2.05, 4.69) is 20.2 Å². The van der Waals surface area contributed by atoms with Gasteiger partial charge in [-0.3, -0.25) is 4.98 Å². The number of pyridine rings is 1. The molecule has 5 aliphatic rings. The number of nitrogens with zero attached hydrogens (tertiary/aromatic N) is 5. The van der Waals surface area contributed by atoms with E-state index in [0.29, 0.717) is 43.5 Å². The Kier molecular flexibility index (Phi) is 4.69. The fourth-order valence-electron chi connectivity index (χ4n) is 7.07. The summed E-state index contributed by atoms with van der Waals surface area (Å²) in [6, 6.07) is 0.586. The number of H-pyrrole nitrogens is 1. The summed E-state index contributed by atoms with van der Waals surface area (Å²) < 4.78 is 52.3. The topological polar surface area (TPSA) is 98.2 Å². The first-order valence-corrected chi connectivity index (χ1v) is 12.9. The number of aromatic nitrogens is 4. The molecule has 0 atom stereocenters. The van der Waals surface area contributed by atoms with Crippen LogP contribution in [-0.2, 0) is 18.2 Å². The molecule has 7 rings (SSSR count). The van der Waals surface area contributed by atoms with Gasteiger partial charge in [-0.2, -0.15) is 13.2 Å². The number of nitrogens with one attached hydrogen (secondary N) is 1. The van der Waals surface area contributed by atoms with Crippen molar-refractivity contribution in [3.8, 4) is 0 Å². The number of aliphatic hydroxyl groups is 1. The number of aromatic amines is 1. The van der Waals surface area contributed by atoms with Gasteiger partial charge < -0.3 is 19.9 Å². The van der Waals surface area contributed by atoms with E-state index >= 15 is 0 Å². The molecule has 2 aromatic rings. The molecule has 0 aromatic carbocycles. The van der Waals surface area contributed by atoms with Crippen LogP contribution in [0.3, 0.4) is 0 Å². The lowest BCUT2D eigenvalue weighted by Gasteiger charge is -2.63. The molecular formula is C25H28F4N6O2. The maximum atomic E-state index is 14.1. The Balaban J connectivity index is 0.851. The average Bonchev–Trinajstić information content (AvgIpc) is 3.27. The molecule has 5 fully saturated rings. The predicted molar refractivity (Wildman–Crippen MR) is 121 cm³/mol. The molecule has 2 N–H and O–H groups in total. The Labute approximate surface area is 210 Å². The minimum absolute atomic E-state index is 0.0580. The third-order valence-corrected chi connectivity index (χ3v) is 9.23. The van der Waals surface area contributed by atoms with Crippen molar-refractivity contribution >= 4 is 6.03 Å². The van der Waals surface area contributed by atoms with E-state index in [1.165, 1.54) is 0 Å². The second-order valence-corrected chi connectivity index (χ2v) is 12.3. The van der Waals surface area contributed by atoms with Gasteiger partial charge in [-0.15, -0.1) is 10.2 Å². The zero-order valence-corrected chi connectivity index (χ0v) is 20.2. The maximum absolute atomic E-state index is 14.1. The van der Waals surface area contributed by atoms with Crippen LogP contribution in [0.1, 0.15) is 67.3 Å². The Bertz CT molecular complexity index is 1250. The van der Waals surface area contributed by atoms with Gasteiger partial charge in [0.15, 0.2) is 5.82 Å². The molecule has 0 unspecified atom stereocenters. The van der Waals surface area contributed by atoms with Crippen molar-refractivity contribution in [2.45, 2.75) is 62.6 Å². The summed E-state index contributed by atoms with van der Waals surface area (Å²) in [5, 5.41) is 18.5.